The van der Waals surface area contributed by atoms with Crippen molar-refractivity contribution in [3.63, 3.8) is 0 Å². The van der Waals surface area contributed by atoms with Crippen LogP contribution in [0.5, 0.6) is 11.5 Å². The Kier molecular flexibility index (Phi) is 6.06. The summed E-state index contributed by atoms with van der Waals surface area (Å²) in [5.41, 5.74) is 2.48. The minimum Gasteiger partial charge on any atom is -0.460 e. The Morgan fingerprint density at radius 3 is 2.45 bits per heavy atom. The van der Waals surface area contributed by atoms with E-state index in [1.807, 2.05) is 24.3 Å². The second-order valence-electron chi connectivity index (χ2n) is 9.68. The highest BCUT2D eigenvalue weighted by Crippen LogP contribution is 2.33. The number of ether oxygens (including phenoxy) is 2. The smallest absolute Gasteiger partial charge is 0.416 e. The summed E-state index contributed by atoms with van der Waals surface area (Å²) in [6, 6.07) is 14.6. The summed E-state index contributed by atoms with van der Waals surface area (Å²) in [6.07, 6.45) is -4.44. The zero-order valence-electron chi connectivity index (χ0n) is 20.8. The van der Waals surface area contributed by atoms with Gasteiger partial charge in [-0.05, 0) is 42.3 Å². The lowest BCUT2D eigenvalue weighted by Gasteiger charge is -2.35. The van der Waals surface area contributed by atoms with Crippen molar-refractivity contribution in [2.45, 2.75) is 26.2 Å². The second kappa shape index (κ2) is 9.43. The molecular weight excluding hydrogens is 499 g/mol. The van der Waals surface area contributed by atoms with Gasteiger partial charge in [0, 0.05) is 51.4 Å². The predicted molar refractivity (Wildman–Crippen MR) is 133 cm³/mol. The first-order valence-corrected chi connectivity index (χ1v) is 12.4. The van der Waals surface area contributed by atoms with Gasteiger partial charge >= 0.3 is 6.18 Å². The summed E-state index contributed by atoms with van der Waals surface area (Å²) in [5, 5.41) is 0. The molecule has 0 atom stereocenters. The van der Waals surface area contributed by atoms with Crippen LogP contribution in [0.4, 0.5) is 13.2 Å². The third-order valence-electron chi connectivity index (χ3n) is 7.03. The van der Waals surface area contributed by atoms with E-state index in [2.05, 4.69) is 4.90 Å². The lowest BCUT2D eigenvalue weighted by molar-refractivity contribution is -0.137. The van der Waals surface area contributed by atoms with Crippen LogP contribution in [0.15, 0.2) is 59.0 Å². The van der Waals surface area contributed by atoms with Crippen LogP contribution in [-0.4, -0.2) is 53.2 Å². The van der Waals surface area contributed by atoms with Crippen LogP contribution in [-0.2, 0) is 19.3 Å². The van der Waals surface area contributed by atoms with Gasteiger partial charge in [0.25, 0.3) is 5.91 Å². The highest BCUT2D eigenvalue weighted by molar-refractivity contribution is 5.97. The average Bonchev–Trinajstić information content (AvgIpc) is 3.59. The van der Waals surface area contributed by atoms with Crippen molar-refractivity contribution in [2.75, 3.05) is 33.0 Å². The molecule has 0 saturated carbocycles. The number of aromatic nitrogens is 1. The molecule has 0 radical (unpaired) electrons. The fourth-order valence-electron chi connectivity index (χ4n) is 5.11. The monoisotopic (exact) mass is 525 g/mol. The van der Waals surface area contributed by atoms with Crippen molar-refractivity contribution in [1.29, 1.82) is 0 Å². The molecule has 2 aliphatic rings. The Balaban J connectivity index is 1.19. The first-order chi connectivity index (χ1) is 18.2. The van der Waals surface area contributed by atoms with E-state index in [0.29, 0.717) is 54.3 Å². The number of carbonyl (C=O) groups is 1. The molecule has 0 bridgehead atoms. The van der Waals surface area contributed by atoms with Gasteiger partial charge in [-0.3, -0.25) is 9.69 Å². The third-order valence-corrected chi connectivity index (χ3v) is 7.03. The van der Waals surface area contributed by atoms with Crippen molar-refractivity contribution >= 4 is 17.0 Å². The number of fused-ring (bicyclic) bond motifs is 2. The molecule has 4 heterocycles. The van der Waals surface area contributed by atoms with Gasteiger partial charge in [-0.25, -0.2) is 0 Å². The number of hydrogen-bond donors (Lipinski definition) is 0. The molecule has 4 aromatic rings. The summed E-state index contributed by atoms with van der Waals surface area (Å²) in [4.78, 5) is 17.7. The molecule has 0 unspecified atom stereocenters. The number of benzene rings is 2. The van der Waals surface area contributed by atoms with Gasteiger partial charge in [0.05, 0.1) is 11.1 Å². The van der Waals surface area contributed by atoms with Crippen molar-refractivity contribution < 1.29 is 31.9 Å². The summed E-state index contributed by atoms with van der Waals surface area (Å²) in [5.74, 6) is 2.00. The lowest BCUT2D eigenvalue weighted by Crippen LogP contribution is -2.48. The SMILES string of the molecule is Cc1cc2c(cc(C(=O)N3CCN(Cc4ccc5c(c4)OCO5)CC3)n2Cc2cccc(C(F)(F)F)c2)o1. The van der Waals surface area contributed by atoms with Crippen LogP contribution in [0.2, 0.25) is 0 Å². The molecule has 1 fully saturated rings. The number of rotatable bonds is 5. The van der Waals surface area contributed by atoms with Gasteiger partial charge < -0.3 is 23.4 Å². The molecule has 2 aromatic carbocycles. The topological polar surface area (TPSA) is 60.1 Å². The lowest BCUT2D eigenvalue weighted by atomic mass is 10.1. The normalized spacial score (nSPS) is 15.9. The first kappa shape index (κ1) is 24.4. The molecule has 6 rings (SSSR count). The standard InChI is InChI=1S/C28H26F3N3O4/c1-18-11-22-25(38-18)14-23(34(22)16-19-3-2-4-21(12-19)28(29,30)31)27(35)33-9-7-32(8-10-33)15-20-5-6-24-26(13-20)37-17-36-24/h2-6,11-14H,7-10,15-17H2,1H3. The Bertz CT molecular complexity index is 1500. The van der Waals surface area contributed by atoms with Crippen molar-refractivity contribution in [3.05, 3.63) is 82.7 Å². The molecule has 10 heteroatoms. The fourth-order valence-corrected chi connectivity index (χ4v) is 5.11. The van der Waals surface area contributed by atoms with Crippen LogP contribution in [0.3, 0.4) is 0 Å². The van der Waals surface area contributed by atoms with Crippen LogP contribution in [0.25, 0.3) is 11.1 Å². The predicted octanol–water partition coefficient (Wildman–Crippen LogP) is 5.30. The first-order valence-electron chi connectivity index (χ1n) is 12.4. The van der Waals surface area contributed by atoms with Crippen molar-refractivity contribution in [2.24, 2.45) is 0 Å². The molecule has 38 heavy (non-hydrogen) atoms. The zero-order chi connectivity index (χ0) is 26.4. The van der Waals surface area contributed by atoms with E-state index in [0.717, 1.165) is 35.7 Å². The Morgan fingerprint density at radius 2 is 1.66 bits per heavy atom. The van der Waals surface area contributed by atoms with Crippen molar-refractivity contribution in [3.8, 4) is 11.5 Å². The highest BCUT2D eigenvalue weighted by Gasteiger charge is 2.31. The highest BCUT2D eigenvalue weighted by atomic mass is 19.4. The number of alkyl halides is 3. The molecule has 0 spiro atoms. The molecule has 2 aliphatic heterocycles. The maximum absolute atomic E-state index is 13.6. The number of halogens is 3. The molecule has 0 N–H and O–H groups in total. The zero-order valence-corrected chi connectivity index (χ0v) is 20.8. The van der Waals surface area contributed by atoms with E-state index in [9.17, 15) is 18.0 Å². The molecule has 7 nitrogen and oxygen atoms in total. The Morgan fingerprint density at radius 1 is 0.895 bits per heavy atom. The summed E-state index contributed by atoms with van der Waals surface area (Å²) < 4.78 is 58.2. The van der Waals surface area contributed by atoms with Gasteiger partial charge in [-0.1, -0.05) is 18.2 Å². The van der Waals surface area contributed by atoms with Gasteiger partial charge in [0.1, 0.15) is 11.5 Å². The summed E-state index contributed by atoms with van der Waals surface area (Å²) >= 11 is 0. The molecule has 2 aromatic heterocycles. The van der Waals surface area contributed by atoms with E-state index in [1.165, 1.54) is 6.07 Å². The van der Waals surface area contributed by atoms with E-state index >= 15 is 0 Å². The number of piperazine rings is 1. The number of carbonyl (C=O) groups excluding carboxylic acids is 1. The van der Waals surface area contributed by atoms with Crippen LogP contribution in [0, 0.1) is 6.92 Å². The quantitative estimate of drug-likeness (QED) is 0.354. The van der Waals surface area contributed by atoms with E-state index < -0.39 is 11.7 Å². The maximum atomic E-state index is 13.6. The van der Waals surface area contributed by atoms with Crippen LogP contribution >= 0.6 is 0 Å². The van der Waals surface area contributed by atoms with Gasteiger partial charge in [0.2, 0.25) is 6.79 Å². The van der Waals surface area contributed by atoms with Gasteiger partial charge in [-0.2, -0.15) is 13.2 Å². The Hall–Kier alpha value is -3.92. The maximum Gasteiger partial charge on any atom is 0.416 e. The molecule has 0 aliphatic carbocycles. The number of amides is 1. The minimum absolute atomic E-state index is 0.123. The number of furan rings is 1. The van der Waals surface area contributed by atoms with Crippen LogP contribution in [0.1, 0.15) is 32.9 Å². The Labute approximate surface area is 216 Å². The largest absolute Gasteiger partial charge is 0.460 e. The molecular formula is C28H26F3N3O4. The summed E-state index contributed by atoms with van der Waals surface area (Å²) in [6.45, 7) is 5.37. The van der Waals surface area contributed by atoms with Crippen LogP contribution < -0.4 is 9.47 Å². The fraction of sp³-hybridized carbons (Fsp3) is 0.321. The van der Waals surface area contributed by atoms with E-state index in [4.69, 9.17) is 13.9 Å². The molecule has 1 amide bonds. The van der Waals surface area contributed by atoms with Gasteiger partial charge in [-0.15, -0.1) is 0 Å². The number of nitrogens with zero attached hydrogens (tertiary/aromatic N) is 3. The average molecular weight is 526 g/mol. The number of aryl methyl sites for hydroxylation is 1. The van der Waals surface area contributed by atoms with E-state index in [-0.39, 0.29) is 19.2 Å². The molecule has 1 saturated heterocycles. The third kappa shape index (κ3) is 4.71. The molecule has 198 valence electrons. The van der Waals surface area contributed by atoms with Crippen molar-refractivity contribution in [1.82, 2.24) is 14.4 Å². The second-order valence-corrected chi connectivity index (χ2v) is 9.68. The number of hydrogen-bond acceptors (Lipinski definition) is 5. The van der Waals surface area contributed by atoms with E-state index in [1.54, 1.807) is 28.5 Å². The minimum atomic E-state index is -4.44. The van der Waals surface area contributed by atoms with Gasteiger partial charge in [0.15, 0.2) is 17.1 Å². The summed E-state index contributed by atoms with van der Waals surface area (Å²) in [7, 11) is 0.